The highest BCUT2D eigenvalue weighted by Gasteiger charge is 2.24. The highest BCUT2D eigenvalue weighted by molar-refractivity contribution is 6.05. The summed E-state index contributed by atoms with van der Waals surface area (Å²) in [6.07, 6.45) is 7.83. The molecular weight excluding hydrogens is 288 g/mol. The van der Waals surface area contributed by atoms with Crippen molar-refractivity contribution in [1.29, 1.82) is 26.3 Å². The van der Waals surface area contributed by atoms with Crippen molar-refractivity contribution in [2.75, 3.05) is 26.6 Å². The number of hydrogen-bond acceptors (Lipinski definition) is 11. The second-order valence-corrected chi connectivity index (χ2v) is 3.41. The number of aromatic hydroxyl groups is 1. The minimum Gasteiger partial charge on any atom is -0.504 e. The van der Waals surface area contributed by atoms with E-state index in [4.69, 9.17) is 26.3 Å². The molecule has 0 atom stereocenters. The number of phenols is 1. The van der Waals surface area contributed by atoms with Crippen LogP contribution in [0.2, 0.25) is 0 Å². The summed E-state index contributed by atoms with van der Waals surface area (Å²) in [6.45, 7) is 0. The molecule has 0 aliphatic rings. The van der Waals surface area contributed by atoms with E-state index < -0.39 is 5.75 Å². The molecule has 0 aromatic heterocycles. The summed E-state index contributed by atoms with van der Waals surface area (Å²) in [6, 6.07) is 0. The number of benzene rings is 1. The Kier molecular flexibility index (Phi) is 5.05. The van der Waals surface area contributed by atoms with Gasteiger partial charge < -0.3 is 5.11 Å². The highest BCUT2D eigenvalue weighted by Crippen LogP contribution is 2.50. The van der Waals surface area contributed by atoms with Crippen molar-refractivity contribution >= 4 is 28.4 Å². The number of rotatable bonds is 5. The summed E-state index contributed by atoms with van der Waals surface area (Å²) in [5, 5.41) is 64.8. The molecule has 106 valence electrons. The Balaban J connectivity index is 3.86. The van der Waals surface area contributed by atoms with Crippen molar-refractivity contribution in [3.8, 4) is 36.7 Å². The Hall–Kier alpha value is -4.53. The molecule has 1 aromatic rings. The van der Waals surface area contributed by atoms with E-state index in [1.54, 1.807) is 31.0 Å². The number of nitriles is 5. The smallest absolute Gasteiger partial charge is 0.181 e. The van der Waals surface area contributed by atoms with Gasteiger partial charge in [0.1, 0.15) is 28.4 Å². The first-order valence-corrected chi connectivity index (χ1v) is 5.34. The van der Waals surface area contributed by atoms with Gasteiger partial charge in [0, 0.05) is 0 Å². The van der Waals surface area contributed by atoms with Crippen molar-refractivity contribution in [1.82, 2.24) is 0 Å². The molecule has 0 saturated carbocycles. The van der Waals surface area contributed by atoms with Crippen LogP contribution in [0.1, 0.15) is 0 Å². The Bertz CT molecular complexity index is 738. The fourth-order valence-corrected chi connectivity index (χ4v) is 1.63. The average Bonchev–Trinajstić information content (AvgIpc) is 2.51. The average molecular weight is 294 g/mol. The largest absolute Gasteiger partial charge is 0.504 e. The molecule has 0 spiro atoms. The molecule has 0 radical (unpaired) electrons. The highest BCUT2D eigenvalue weighted by atomic mass is 16.3. The van der Waals surface area contributed by atoms with Gasteiger partial charge in [-0.05, 0) is 0 Å². The molecule has 0 unspecified atom stereocenters. The molecule has 0 bridgehead atoms. The Labute approximate surface area is 124 Å². The van der Waals surface area contributed by atoms with Crippen LogP contribution in [-0.4, -0.2) is 5.11 Å². The van der Waals surface area contributed by atoms with Crippen LogP contribution in [-0.2, 0) is 0 Å². The van der Waals surface area contributed by atoms with E-state index in [0.29, 0.717) is 0 Å². The fraction of sp³-hybridized carbons (Fsp3) is 0. The van der Waals surface area contributed by atoms with Gasteiger partial charge in [-0.2, -0.15) is 26.3 Å². The van der Waals surface area contributed by atoms with Crippen molar-refractivity contribution in [2.45, 2.75) is 0 Å². The first-order valence-electron chi connectivity index (χ1n) is 5.34. The third kappa shape index (κ3) is 2.73. The van der Waals surface area contributed by atoms with Crippen LogP contribution >= 0.6 is 0 Å². The molecule has 11 heteroatoms. The molecule has 0 heterocycles. The SMILES string of the molecule is N#CNc1c(O)c(NC#N)c(NC#N)c(NC#N)c1NC#N. The lowest BCUT2D eigenvalue weighted by Crippen LogP contribution is -2.07. The van der Waals surface area contributed by atoms with Gasteiger partial charge in [0.25, 0.3) is 0 Å². The maximum Gasteiger partial charge on any atom is 0.181 e. The first kappa shape index (κ1) is 15.5. The van der Waals surface area contributed by atoms with Crippen LogP contribution in [0.3, 0.4) is 0 Å². The quantitative estimate of drug-likeness (QED) is 0.194. The molecule has 22 heavy (non-hydrogen) atoms. The fourth-order valence-electron chi connectivity index (χ4n) is 1.63. The topological polar surface area (TPSA) is 199 Å². The van der Waals surface area contributed by atoms with Gasteiger partial charge in [-0.1, -0.05) is 0 Å². The van der Waals surface area contributed by atoms with Crippen LogP contribution in [0.4, 0.5) is 28.4 Å². The van der Waals surface area contributed by atoms with Gasteiger partial charge in [0.05, 0.1) is 0 Å². The third-order valence-corrected chi connectivity index (χ3v) is 2.38. The van der Waals surface area contributed by atoms with E-state index in [2.05, 4.69) is 26.6 Å². The maximum absolute atomic E-state index is 10.1. The normalized spacial score (nSPS) is 7.95. The second-order valence-electron chi connectivity index (χ2n) is 3.41. The minimum absolute atomic E-state index is 0.126. The zero-order valence-corrected chi connectivity index (χ0v) is 10.7. The summed E-state index contributed by atoms with van der Waals surface area (Å²) in [5.41, 5.74) is -0.973. The van der Waals surface area contributed by atoms with Gasteiger partial charge in [0.15, 0.2) is 36.7 Å². The van der Waals surface area contributed by atoms with Gasteiger partial charge in [-0.3, -0.25) is 26.6 Å². The van der Waals surface area contributed by atoms with Gasteiger partial charge in [-0.15, -0.1) is 0 Å². The lowest BCUT2D eigenvalue weighted by molar-refractivity contribution is 0.480. The van der Waals surface area contributed by atoms with E-state index in [9.17, 15) is 5.11 Å². The number of nitrogens with one attached hydrogen (secondary N) is 5. The predicted molar refractivity (Wildman–Crippen MR) is 74.3 cm³/mol. The summed E-state index contributed by atoms with van der Waals surface area (Å²) in [5.74, 6) is -0.609. The Morgan fingerprint density at radius 3 is 1.00 bits per heavy atom. The minimum atomic E-state index is -0.609. The number of anilines is 5. The summed E-state index contributed by atoms with van der Waals surface area (Å²) >= 11 is 0. The van der Waals surface area contributed by atoms with Gasteiger partial charge in [-0.25, -0.2) is 0 Å². The Morgan fingerprint density at radius 1 is 0.500 bits per heavy atom. The second kappa shape index (κ2) is 7.16. The summed E-state index contributed by atoms with van der Waals surface area (Å²) in [7, 11) is 0. The van der Waals surface area contributed by atoms with Crippen molar-refractivity contribution < 1.29 is 5.11 Å². The molecule has 11 nitrogen and oxygen atoms in total. The first-order chi connectivity index (χ1) is 10.7. The molecular formula is C11H6N10O. The lowest BCUT2D eigenvalue weighted by atomic mass is 10.1. The molecule has 0 aliphatic heterocycles. The van der Waals surface area contributed by atoms with E-state index in [1.165, 1.54) is 0 Å². The predicted octanol–water partition coefficient (Wildman–Crippen LogP) is 0.857. The van der Waals surface area contributed by atoms with Gasteiger partial charge in [0.2, 0.25) is 0 Å². The molecule has 0 saturated heterocycles. The summed E-state index contributed by atoms with van der Waals surface area (Å²) in [4.78, 5) is 0. The van der Waals surface area contributed by atoms with Crippen molar-refractivity contribution in [2.24, 2.45) is 0 Å². The molecule has 1 rings (SSSR count). The van der Waals surface area contributed by atoms with Crippen LogP contribution in [0.5, 0.6) is 5.75 Å². The van der Waals surface area contributed by atoms with Crippen LogP contribution in [0, 0.1) is 57.3 Å². The molecule has 1 aromatic carbocycles. The zero-order chi connectivity index (χ0) is 16.5. The lowest BCUT2D eigenvalue weighted by Gasteiger charge is -2.19. The standard InChI is InChI=1S/C11H6N10O/c12-1-17-6-7(18-2-13)9(20-4-15)11(22)10(21-5-16)8(6)19-3-14/h17-22H. The van der Waals surface area contributed by atoms with E-state index in [0.717, 1.165) is 0 Å². The molecule has 0 aliphatic carbocycles. The van der Waals surface area contributed by atoms with Crippen LogP contribution in [0.15, 0.2) is 0 Å². The van der Waals surface area contributed by atoms with E-state index >= 15 is 0 Å². The number of nitrogens with zero attached hydrogens (tertiary/aromatic N) is 5. The molecule has 0 amide bonds. The van der Waals surface area contributed by atoms with Gasteiger partial charge >= 0.3 is 0 Å². The number of hydrogen-bond donors (Lipinski definition) is 6. The summed E-state index contributed by atoms with van der Waals surface area (Å²) < 4.78 is 0. The monoisotopic (exact) mass is 294 g/mol. The van der Waals surface area contributed by atoms with Crippen molar-refractivity contribution in [3.05, 3.63) is 0 Å². The number of phenolic OH excluding ortho intramolecular Hbond substituents is 1. The van der Waals surface area contributed by atoms with E-state index in [1.807, 2.05) is 0 Å². The van der Waals surface area contributed by atoms with E-state index in [-0.39, 0.29) is 28.4 Å². The maximum atomic E-state index is 10.1. The van der Waals surface area contributed by atoms with Crippen LogP contribution in [0.25, 0.3) is 0 Å². The van der Waals surface area contributed by atoms with Crippen molar-refractivity contribution in [3.63, 3.8) is 0 Å². The molecule has 0 fully saturated rings. The van der Waals surface area contributed by atoms with Crippen LogP contribution < -0.4 is 26.6 Å². The zero-order valence-electron chi connectivity index (χ0n) is 10.7. The Morgan fingerprint density at radius 2 is 0.727 bits per heavy atom. The molecule has 6 N–H and O–H groups in total. The third-order valence-electron chi connectivity index (χ3n) is 2.38.